The summed E-state index contributed by atoms with van der Waals surface area (Å²) in [7, 11) is 1.57. The van der Waals surface area contributed by atoms with Crippen LogP contribution in [0.5, 0.6) is 11.5 Å². The van der Waals surface area contributed by atoms with E-state index in [1.165, 1.54) is 42.8 Å². The number of thiophene rings is 1. The second-order valence-corrected chi connectivity index (χ2v) is 7.99. The van der Waals surface area contributed by atoms with Crippen molar-refractivity contribution in [1.29, 1.82) is 0 Å². The molecule has 6 nitrogen and oxygen atoms in total. The van der Waals surface area contributed by atoms with Crippen molar-refractivity contribution in [1.82, 2.24) is 4.31 Å². The summed E-state index contributed by atoms with van der Waals surface area (Å²) in [4.78, 5) is 16.6. The largest absolute Gasteiger partial charge is 0.493 e. The third-order valence-electron chi connectivity index (χ3n) is 4.71. The van der Waals surface area contributed by atoms with Gasteiger partial charge in [0.1, 0.15) is 12.2 Å². The molecule has 1 aliphatic heterocycles. The van der Waals surface area contributed by atoms with Crippen molar-refractivity contribution in [2.24, 2.45) is 5.92 Å². The molecule has 26 heavy (non-hydrogen) atoms. The highest BCUT2D eigenvalue weighted by atomic mass is 32.2. The molecule has 1 saturated heterocycles. The lowest BCUT2D eigenvalue weighted by Crippen LogP contribution is -2.28. The zero-order valence-electron chi connectivity index (χ0n) is 14.9. The van der Waals surface area contributed by atoms with E-state index < -0.39 is 5.97 Å². The summed E-state index contributed by atoms with van der Waals surface area (Å²) in [6.45, 7) is 4.20. The first-order valence-electron chi connectivity index (χ1n) is 8.67. The van der Waals surface area contributed by atoms with Crippen LogP contribution < -0.4 is 9.62 Å². The summed E-state index contributed by atoms with van der Waals surface area (Å²) in [5.74, 6) is 1.000. The Kier molecular flexibility index (Phi) is 6.63. The molecule has 0 bridgehead atoms. The van der Waals surface area contributed by atoms with Gasteiger partial charge in [0.15, 0.2) is 5.75 Å². The van der Waals surface area contributed by atoms with Gasteiger partial charge < -0.3 is 14.7 Å². The summed E-state index contributed by atoms with van der Waals surface area (Å²) in [5, 5.41) is 11.7. The minimum Gasteiger partial charge on any atom is -0.493 e. The summed E-state index contributed by atoms with van der Waals surface area (Å²) >= 11 is 2.65. The van der Waals surface area contributed by atoms with Crippen molar-refractivity contribution < 1.29 is 23.9 Å². The van der Waals surface area contributed by atoms with E-state index in [1.807, 2.05) is 11.4 Å². The molecule has 8 heteroatoms. The normalized spacial score (nSPS) is 16.1. The van der Waals surface area contributed by atoms with E-state index in [1.54, 1.807) is 13.2 Å². The minimum atomic E-state index is -0.856. The lowest BCUT2D eigenvalue weighted by molar-refractivity contribution is -0.136. The molecule has 1 N–H and O–H groups in total. The molecule has 1 aliphatic rings. The molecule has 0 radical (unpaired) electrons. The monoisotopic (exact) mass is 397 g/mol. The lowest BCUT2D eigenvalue weighted by atomic mass is 9.96. The van der Waals surface area contributed by atoms with Crippen LogP contribution in [0.1, 0.15) is 31.7 Å². The summed E-state index contributed by atoms with van der Waals surface area (Å²) in [6, 6.07) is 3.63. The van der Waals surface area contributed by atoms with Crippen LogP contribution in [-0.2, 0) is 15.5 Å². The van der Waals surface area contributed by atoms with Crippen molar-refractivity contribution in [3.63, 3.8) is 0 Å². The van der Waals surface area contributed by atoms with Gasteiger partial charge in [-0.2, -0.15) is 0 Å². The number of aliphatic carboxylic acids is 1. The van der Waals surface area contributed by atoms with Crippen LogP contribution in [0.15, 0.2) is 17.5 Å². The van der Waals surface area contributed by atoms with E-state index in [2.05, 4.69) is 11.2 Å². The highest BCUT2D eigenvalue weighted by Gasteiger charge is 2.21. The molecule has 2 aromatic rings. The SMILES string of the molecule is CCC1CCN(SOOc2c(OC)ccc3c(CC(=O)O)csc23)CC1. The number of methoxy groups -OCH3 is 1. The summed E-state index contributed by atoms with van der Waals surface area (Å²) < 4.78 is 13.8. The number of carboxylic acid groups (broad SMARTS) is 1. The maximum absolute atomic E-state index is 11.0. The predicted molar refractivity (Wildman–Crippen MR) is 104 cm³/mol. The smallest absolute Gasteiger partial charge is 0.307 e. The van der Waals surface area contributed by atoms with E-state index in [0.29, 0.717) is 11.5 Å². The topological polar surface area (TPSA) is 68.2 Å². The van der Waals surface area contributed by atoms with E-state index in [9.17, 15) is 4.79 Å². The van der Waals surface area contributed by atoms with Crippen LogP contribution in [0.2, 0.25) is 0 Å². The standard InChI is InChI=1S/C18H23NO5S2/c1-3-12-6-8-19(9-7-12)26-24-23-17-15(22-2)5-4-14-13(10-16(20)21)11-25-18(14)17/h4-5,11-12H,3,6-10H2,1-2H3,(H,20,21). The number of ether oxygens (including phenoxy) is 1. The van der Waals surface area contributed by atoms with Gasteiger partial charge in [-0.05, 0) is 41.8 Å². The molecule has 0 spiro atoms. The Morgan fingerprint density at radius 2 is 2.15 bits per heavy atom. The number of rotatable bonds is 8. The molecular weight excluding hydrogens is 374 g/mol. The average molecular weight is 398 g/mol. The van der Waals surface area contributed by atoms with Gasteiger partial charge in [0.2, 0.25) is 5.75 Å². The first kappa shape index (κ1) is 19.3. The van der Waals surface area contributed by atoms with Crippen LogP contribution >= 0.6 is 23.6 Å². The lowest BCUT2D eigenvalue weighted by Gasteiger charge is -2.28. The number of fused-ring (bicyclic) bond motifs is 1. The van der Waals surface area contributed by atoms with Crippen LogP contribution in [0.3, 0.4) is 0 Å². The molecule has 3 rings (SSSR count). The van der Waals surface area contributed by atoms with Crippen LogP contribution in [-0.4, -0.2) is 35.6 Å². The third kappa shape index (κ3) is 4.43. The maximum atomic E-state index is 11.0. The molecule has 0 aliphatic carbocycles. The zero-order valence-corrected chi connectivity index (χ0v) is 16.5. The molecule has 142 valence electrons. The first-order valence-corrected chi connectivity index (χ1v) is 10.2. The number of hydrogen-bond donors (Lipinski definition) is 1. The zero-order chi connectivity index (χ0) is 18.5. The molecule has 0 amide bonds. The fraction of sp³-hybridized carbons (Fsp3) is 0.500. The van der Waals surface area contributed by atoms with Crippen molar-refractivity contribution in [2.45, 2.75) is 32.6 Å². The Morgan fingerprint density at radius 3 is 2.81 bits per heavy atom. The maximum Gasteiger partial charge on any atom is 0.307 e. The number of benzene rings is 1. The fourth-order valence-corrected chi connectivity index (χ4v) is 4.71. The Labute approximate surface area is 161 Å². The van der Waals surface area contributed by atoms with Gasteiger partial charge in [0.05, 0.1) is 18.2 Å². The molecule has 0 unspecified atom stereocenters. The van der Waals surface area contributed by atoms with Crippen LogP contribution in [0, 0.1) is 5.92 Å². The summed E-state index contributed by atoms with van der Waals surface area (Å²) in [6.07, 6.45) is 3.56. The third-order valence-corrected chi connectivity index (χ3v) is 6.45. The predicted octanol–water partition coefficient (Wildman–Crippen LogP) is 4.53. The molecule has 1 aromatic carbocycles. The van der Waals surface area contributed by atoms with E-state index in [4.69, 9.17) is 19.1 Å². The van der Waals surface area contributed by atoms with Gasteiger partial charge in [-0.3, -0.25) is 4.79 Å². The minimum absolute atomic E-state index is 0.0201. The Balaban J connectivity index is 1.68. The Morgan fingerprint density at radius 1 is 1.38 bits per heavy atom. The number of carbonyl (C=O) groups is 1. The van der Waals surface area contributed by atoms with Gasteiger partial charge in [0.25, 0.3) is 0 Å². The molecule has 1 fully saturated rings. The number of nitrogens with zero attached hydrogens (tertiary/aromatic N) is 1. The second kappa shape index (κ2) is 8.94. The first-order chi connectivity index (χ1) is 12.6. The number of piperidine rings is 1. The number of carboxylic acids is 1. The van der Waals surface area contributed by atoms with Gasteiger partial charge >= 0.3 is 5.97 Å². The summed E-state index contributed by atoms with van der Waals surface area (Å²) in [5.41, 5.74) is 0.763. The van der Waals surface area contributed by atoms with Gasteiger partial charge in [-0.25, -0.2) is 4.31 Å². The van der Waals surface area contributed by atoms with E-state index >= 15 is 0 Å². The highest BCUT2D eigenvalue weighted by molar-refractivity contribution is 7.92. The van der Waals surface area contributed by atoms with E-state index in [-0.39, 0.29) is 6.42 Å². The van der Waals surface area contributed by atoms with Crippen molar-refractivity contribution in [3.05, 3.63) is 23.1 Å². The molecular formula is C18H23NO5S2. The van der Waals surface area contributed by atoms with Crippen molar-refractivity contribution in [3.8, 4) is 11.5 Å². The van der Waals surface area contributed by atoms with Crippen LogP contribution in [0.25, 0.3) is 10.1 Å². The van der Waals surface area contributed by atoms with Crippen molar-refractivity contribution in [2.75, 3.05) is 20.2 Å². The molecule has 2 heterocycles. The average Bonchev–Trinajstić information content (AvgIpc) is 3.05. The molecule has 0 saturated carbocycles. The van der Waals surface area contributed by atoms with Gasteiger partial charge in [0, 0.05) is 18.5 Å². The van der Waals surface area contributed by atoms with Crippen LogP contribution in [0.4, 0.5) is 0 Å². The Hall–Kier alpha value is -1.48. The quantitative estimate of drug-likeness (QED) is 0.304. The molecule has 0 atom stereocenters. The second-order valence-electron chi connectivity index (χ2n) is 6.31. The van der Waals surface area contributed by atoms with Gasteiger partial charge in [-0.1, -0.05) is 17.7 Å². The highest BCUT2D eigenvalue weighted by Crippen LogP contribution is 2.41. The molecule has 1 aromatic heterocycles. The van der Waals surface area contributed by atoms with Crippen molar-refractivity contribution >= 4 is 39.6 Å². The van der Waals surface area contributed by atoms with Gasteiger partial charge in [-0.15, -0.1) is 11.3 Å². The fourth-order valence-electron chi connectivity index (χ4n) is 3.13. The number of hydrogen-bond acceptors (Lipinski definition) is 7. The Bertz CT molecular complexity index is 755. The van der Waals surface area contributed by atoms with E-state index in [0.717, 1.165) is 34.7 Å².